The lowest BCUT2D eigenvalue weighted by Crippen LogP contribution is -2.39. The lowest BCUT2D eigenvalue weighted by molar-refractivity contribution is 0.0645. The van der Waals surface area contributed by atoms with Crippen LogP contribution in [0.25, 0.3) is 0 Å². The van der Waals surface area contributed by atoms with Gasteiger partial charge in [0, 0.05) is 7.05 Å². The van der Waals surface area contributed by atoms with Crippen LogP contribution in [0.15, 0.2) is 10.3 Å². The van der Waals surface area contributed by atoms with Gasteiger partial charge in [0.05, 0.1) is 0 Å². The molecule has 64 valence electrons. The van der Waals surface area contributed by atoms with Crippen molar-refractivity contribution in [2.24, 2.45) is 16.1 Å². The lowest BCUT2D eigenvalue weighted by atomic mass is 10.7. The predicted octanol–water partition coefficient (Wildman–Crippen LogP) is -0.680. The van der Waals surface area contributed by atoms with Crippen LogP contribution in [0.3, 0.4) is 0 Å². The number of aliphatic imine (C=N–C) groups is 1. The van der Waals surface area contributed by atoms with Gasteiger partial charge in [0.15, 0.2) is 11.3 Å². The Morgan fingerprint density at radius 1 is 1.91 bits per heavy atom. The molecule has 0 radical (unpaired) electrons. The van der Waals surface area contributed by atoms with Crippen LogP contribution >= 0.6 is 0 Å². The Morgan fingerprint density at radius 2 is 2.45 bits per heavy atom. The summed E-state index contributed by atoms with van der Waals surface area (Å²) in [5.74, 6) is 0.552. The highest BCUT2D eigenvalue weighted by Gasteiger charge is 2.04. The number of guanidine groups is 1. The van der Waals surface area contributed by atoms with Gasteiger partial charge in [-0.15, -0.1) is 4.91 Å². The monoisotopic (exact) mass is 162 g/mol. The molecule has 0 fully saturated rings. The quantitative estimate of drug-likeness (QED) is 0.363. The average Bonchev–Trinajstić information content (AvgIpc) is 1.97. The fraction of sp³-hybridized carbons (Fsp3) is 0.750. The minimum atomic E-state index is 0.399. The Morgan fingerprint density at radius 3 is 2.73 bits per heavy atom. The Kier molecular flexibility index (Phi) is 4.74. The predicted molar refractivity (Wildman–Crippen MR) is 37.8 cm³/mol. The van der Waals surface area contributed by atoms with Crippen molar-refractivity contribution in [2.45, 2.75) is 0 Å². The van der Waals surface area contributed by atoms with E-state index in [1.807, 2.05) is 7.05 Å². The molecule has 0 aromatic heterocycles. The molecular formula is C4H10N4O3. The number of ether oxygens (including phenoxy) is 1. The summed E-state index contributed by atoms with van der Waals surface area (Å²) in [6.45, 7) is 0.950. The van der Waals surface area contributed by atoms with Crippen molar-refractivity contribution >= 4 is 5.96 Å². The van der Waals surface area contributed by atoms with E-state index in [1.54, 1.807) is 4.90 Å². The maximum absolute atomic E-state index is 8.11. The molecule has 7 nitrogen and oxygen atoms in total. The third kappa shape index (κ3) is 4.09. The number of nitrogens with two attached hydrogens (primary N) is 1. The summed E-state index contributed by atoms with van der Waals surface area (Å²) in [5, 5.41) is 7.89. The molecule has 7 heteroatoms. The van der Waals surface area contributed by atoms with E-state index in [1.165, 1.54) is 5.34 Å². The van der Waals surface area contributed by atoms with Gasteiger partial charge < -0.3 is 20.6 Å². The second kappa shape index (κ2) is 5.42. The topological polar surface area (TPSA) is 101 Å². The summed E-state index contributed by atoms with van der Waals surface area (Å²) in [6.07, 6.45) is 0. The number of hydrogen-bond acceptors (Lipinski definition) is 6. The minimum Gasteiger partial charge on any atom is -0.379 e. The highest BCUT2D eigenvalue weighted by Crippen LogP contribution is 1.90. The summed E-state index contributed by atoms with van der Waals surface area (Å²) in [6, 6.07) is 0. The average molecular weight is 162 g/mol. The fourth-order valence-corrected chi connectivity index (χ4v) is 0.476. The first-order valence-electron chi connectivity index (χ1n) is 2.78. The van der Waals surface area contributed by atoms with Gasteiger partial charge in [0.2, 0.25) is 0 Å². The maximum Gasteiger partial charge on any atom is 0.195 e. The Balaban J connectivity index is 0.000000292. The third-order valence-electron chi connectivity index (χ3n) is 0.994. The van der Waals surface area contributed by atoms with Crippen molar-refractivity contribution in [3.05, 3.63) is 4.91 Å². The Hall–Kier alpha value is -1.37. The van der Waals surface area contributed by atoms with Crippen LogP contribution in [0.1, 0.15) is 0 Å². The van der Waals surface area contributed by atoms with Gasteiger partial charge in [-0.05, 0) is 0 Å². The SMILES string of the molecule is CN1COCN=C1N.O=NO. The van der Waals surface area contributed by atoms with E-state index in [-0.39, 0.29) is 0 Å². The fourth-order valence-electron chi connectivity index (χ4n) is 0.476. The lowest BCUT2D eigenvalue weighted by Gasteiger charge is -2.21. The molecule has 0 amide bonds. The van der Waals surface area contributed by atoms with Crippen LogP contribution < -0.4 is 5.73 Å². The van der Waals surface area contributed by atoms with E-state index >= 15 is 0 Å². The van der Waals surface area contributed by atoms with E-state index in [9.17, 15) is 0 Å². The van der Waals surface area contributed by atoms with Crippen LogP contribution in [0, 0.1) is 4.91 Å². The molecule has 1 aliphatic heterocycles. The molecule has 0 aliphatic carbocycles. The third-order valence-corrected chi connectivity index (χ3v) is 0.994. The first-order valence-corrected chi connectivity index (χ1v) is 2.78. The van der Waals surface area contributed by atoms with Crippen molar-refractivity contribution in [2.75, 3.05) is 20.5 Å². The van der Waals surface area contributed by atoms with Crippen LogP contribution in [0.5, 0.6) is 0 Å². The summed E-state index contributed by atoms with van der Waals surface area (Å²) < 4.78 is 4.91. The van der Waals surface area contributed by atoms with Crippen molar-refractivity contribution in [3.8, 4) is 0 Å². The molecule has 1 heterocycles. The van der Waals surface area contributed by atoms with Crippen molar-refractivity contribution in [1.29, 1.82) is 0 Å². The molecule has 0 atom stereocenters. The van der Waals surface area contributed by atoms with E-state index in [2.05, 4.69) is 4.99 Å². The maximum atomic E-state index is 8.11. The number of nitrogens with zero attached hydrogens (tertiary/aromatic N) is 3. The molecule has 0 spiro atoms. The summed E-state index contributed by atoms with van der Waals surface area (Å²) >= 11 is 0. The van der Waals surface area contributed by atoms with Crippen molar-refractivity contribution < 1.29 is 9.94 Å². The van der Waals surface area contributed by atoms with Gasteiger partial charge in [-0.25, -0.2) is 4.99 Å². The van der Waals surface area contributed by atoms with E-state index < -0.39 is 0 Å². The molecule has 0 saturated carbocycles. The van der Waals surface area contributed by atoms with E-state index in [0.717, 1.165) is 0 Å². The largest absolute Gasteiger partial charge is 0.379 e. The molecule has 0 unspecified atom stereocenters. The van der Waals surface area contributed by atoms with Crippen molar-refractivity contribution in [3.63, 3.8) is 0 Å². The molecule has 11 heavy (non-hydrogen) atoms. The van der Waals surface area contributed by atoms with Gasteiger partial charge in [-0.3, -0.25) is 0 Å². The second-order valence-electron chi connectivity index (χ2n) is 1.76. The molecule has 0 bridgehead atoms. The Labute approximate surface area is 63.4 Å². The Bertz CT molecular complexity index is 148. The van der Waals surface area contributed by atoms with Gasteiger partial charge >= 0.3 is 0 Å². The van der Waals surface area contributed by atoms with Crippen LogP contribution in [0.2, 0.25) is 0 Å². The highest BCUT2D eigenvalue weighted by atomic mass is 16.6. The zero-order valence-electron chi connectivity index (χ0n) is 6.10. The van der Waals surface area contributed by atoms with Gasteiger partial charge in [-0.2, -0.15) is 0 Å². The molecule has 1 rings (SSSR count). The zero-order chi connectivity index (χ0) is 8.69. The zero-order valence-corrected chi connectivity index (χ0v) is 6.10. The van der Waals surface area contributed by atoms with Crippen molar-refractivity contribution in [1.82, 2.24) is 4.90 Å². The van der Waals surface area contributed by atoms with E-state index in [4.69, 9.17) is 20.6 Å². The second-order valence-corrected chi connectivity index (χ2v) is 1.76. The summed E-state index contributed by atoms with van der Waals surface area (Å²) in [5.41, 5.74) is 5.37. The number of rotatable bonds is 0. The number of hydrogen-bond donors (Lipinski definition) is 2. The first-order chi connectivity index (χ1) is 5.22. The van der Waals surface area contributed by atoms with Gasteiger partial charge in [0.1, 0.15) is 13.5 Å². The first kappa shape index (κ1) is 9.63. The van der Waals surface area contributed by atoms with Gasteiger partial charge in [-0.1, -0.05) is 0 Å². The smallest absolute Gasteiger partial charge is 0.195 e. The molecule has 1 aliphatic rings. The highest BCUT2D eigenvalue weighted by molar-refractivity contribution is 5.77. The van der Waals surface area contributed by atoms with Gasteiger partial charge in [0.25, 0.3) is 0 Å². The van der Waals surface area contributed by atoms with Crippen LogP contribution in [0.4, 0.5) is 0 Å². The molecular weight excluding hydrogens is 152 g/mol. The molecule has 3 N–H and O–H groups in total. The summed E-state index contributed by atoms with van der Waals surface area (Å²) in [4.78, 5) is 13.7. The normalized spacial score (nSPS) is 16.1. The van der Waals surface area contributed by atoms with E-state index in [0.29, 0.717) is 19.4 Å². The minimum absolute atomic E-state index is 0.399. The molecule has 0 saturated heterocycles. The van der Waals surface area contributed by atoms with Crippen LogP contribution in [-0.2, 0) is 4.74 Å². The van der Waals surface area contributed by atoms with Crippen LogP contribution in [-0.4, -0.2) is 36.6 Å². The molecule has 0 aromatic carbocycles. The molecule has 0 aromatic rings. The standard InChI is InChI=1S/C4H9N3O.HNO2/c1-7-3-8-2-6-4(7)5;2-1-3/h2-3H2,1H3,(H2,5,6);(H,2,3). The summed E-state index contributed by atoms with van der Waals surface area (Å²) in [7, 11) is 1.83.